The van der Waals surface area contributed by atoms with E-state index in [1.54, 1.807) is 13.8 Å². The van der Waals surface area contributed by atoms with Gasteiger partial charge in [-0.2, -0.15) is 0 Å². The lowest BCUT2D eigenvalue weighted by Gasteiger charge is -2.31. The van der Waals surface area contributed by atoms with Crippen LogP contribution in [0, 0.1) is 17.8 Å². The SMILES string of the molecule is CC(=O)OC(C)C(C)C(c1ccc(OC(=O)OCCC(C)C)c(OC(=O)OCCC(C)C)c1)[C@H](N)C(=O)O. The molecule has 0 heterocycles. The average Bonchev–Trinajstić information content (AvgIpc) is 2.79. The van der Waals surface area contributed by atoms with Crippen LogP contribution in [0.5, 0.6) is 11.5 Å². The summed E-state index contributed by atoms with van der Waals surface area (Å²) >= 11 is 0. The number of hydrogen-bond donors (Lipinski definition) is 2. The number of carboxylic acid groups (broad SMARTS) is 1. The molecule has 1 rings (SSSR count). The molecule has 4 atom stereocenters. The van der Waals surface area contributed by atoms with Crippen LogP contribution in [-0.4, -0.2) is 54.7 Å². The van der Waals surface area contributed by atoms with E-state index in [0.717, 1.165) is 0 Å². The number of carboxylic acids is 1. The molecule has 0 aliphatic heterocycles. The number of carbonyl (C=O) groups excluding carboxylic acids is 3. The molecular weight excluding hydrogens is 498 g/mol. The van der Waals surface area contributed by atoms with Gasteiger partial charge in [-0.05, 0) is 49.3 Å². The molecule has 0 aliphatic carbocycles. The monoisotopic (exact) mass is 539 g/mol. The van der Waals surface area contributed by atoms with E-state index in [1.807, 2.05) is 27.7 Å². The summed E-state index contributed by atoms with van der Waals surface area (Å²) in [6, 6.07) is 2.81. The molecule has 3 N–H and O–H groups in total. The Bertz CT molecular complexity index is 946. The predicted molar refractivity (Wildman–Crippen MR) is 138 cm³/mol. The molecular formula is C27H41NO10. The third kappa shape index (κ3) is 11.4. The highest BCUT2D eigenvalue weighted by Crippen LogP contribution is 2.37. The molecule has 11 heteroatoms. The minimum Gasteiger partial charge on any atom is -0.480 e. The molecule has 1 aromatic carbocycles. The lowest BCUT2D eigenvalue weighted by Crippen LogP contribution is -2.42. The van der Waals surface area contributed by atoms with Crippen molar-refractivity contribution in [3.63, 3.8) is 0 Å². The van der Waals surface area contributed by atoms with Crippen LogP contribution in [-0.2, 0) is 23.8 Å². The molecule has 0 fully saturated rings. The van der Waals surface area contributed by atoms with Gasteiger partial charge in [0.1, 0.15) is 12.1 Å². The van der Waals surface area contributed by atoms with Gasteiger partial charge in [-0.15, -0.1) is 0 Å². The lowest BCUT2D eigenvalue weighted by atomic mass is 9.79. The number of aliphatic carboxylic acids is 1. The maximum atomic E-state index is 12.4. The topological polar surface area (TPSA) is 161 Å². The van der Waals surface area contributed by atoms with E-state index >= 15 is 0 Å². The zero-order valence-electron chi connectivity index (χ0n) is 23.2. The van der Waals surface area contributed by atoms with Gasteiger partial charge in [0.05, 0.1) is 13.2 Å². The molecule has 0 spiro atoms. The van der Waals surface area contributed by atoms with Gasteiger partial charge in [0, 0.05) is 18.8 Å². The Morgan fingerprint density at radius 1 is 0.842 bits per heavy atom. The van der Waals surface area contributed by atoms with Gasteiger partial charge in [-0.1, -0.05) is 40.7 Å². The summed E-state index contributed by atoms with van der Waals surface area (Å²) in [5.41, 5.74) is 6.39. The summed E-state index contributed by atoms with van der Waals surface area (Å²) in [5, 5.41) is 9.65. The van der Waals surface area contributed by atoms with E-state index in [-0.39, 0.29) is 24.7 Å². The zero-order valence-corrected chi connectivity index (χ0v) is 23.2. The summed E-state index contributed by atoms with van der Waals surface area (Å²) in [4.78, 5) is 47.9. The van der Waals surface area contributed by atoms with E-state index < -0.39 is 48.2 Å². The van der Waals surface area contributed by atoms with Gasteiger partial charge in [0.25, 0.3) is 0 Å². The Hall–Kier alpha value is -3.34. The molecule has 38 heavy (non-hydrogen) atoms. The molecule has 0 aliphatic rings. The number of esters is 1. The summed E-state index contributed by atoms with van der Waals surface area (Å²) in [6.45, 7) is 12.7. The number of carbonyl (C=O) groups is 4. The Morgan fingerprint density at radius 2 is 1.34 bits per heavy atom. The third-order valence-corrected chi connectivity index (χ3v) is 5.90. The van der Waals surface area contributed by atoms with Crippen molar-refractivity contribution in [3.8, 4) is 11.5 Å². The van der Waals surface area contributed by atoms with E-state index in [2.05, 4.69) is 0 Å². The van der Waals surface area contributed by atoms with Crippen LogP contribution >= 0.6 is 0 Å². The maximum Gasteiger partial charge on any atom is 0.513 e. The maximum absolute atomic E-state index is 12.4. The van der Waals surface area contributed by atoms with Crippen molar-refractivity contribution in [3.05, 3.63) is 23.8 Å². The fourth-order valence-electron chi connectivity index (χ4n) is 3.54. The summed E-state index contributed by atoms with van der Waals surface area (Å²) in [7, 11) is 0. The van der Waals surface area contributed by atoms with E-state index in [4.69, 9.17) is 29.4 Å². The number of hydrogen-bond acceptors (Lipinski definition) is 10. The van der Waals surface area contributed by atoms with Crippen molar-refractivity contribution in [2.24, 2.45) is 23.5 Å². The second-order valence-electron chi connectivity index (χ2n) is 10.0. The van der Waals surface area contributed by atoms with Crippen LogP contribution in [0.4, 0.5) is 9.59 Å². The molecule has 0 aromatic heterocycles. The predicted octanol–water partition coefficient (Wildman–Crippen LogP) is 4.89. The molecule has 0 bridgehead atoms. The highest BCUT2D eigenvalue weighted by atomic mass is 16.7. The van der Waals surface area contributed by atoms with Gasteiger partial charge < -0.3 is 34.5 Å². The van der Waals surface area contributed by atoms with Gasteiger partial charge in [0.2, 0.25) is 0 Å². The molecule has 0 saturated carbocycles. The first-order valence-corrected chi connectivity index (χ1v) is 12.7. The molecule has 1 aromatic rings. The largest absolute Gasteiger partial charge is 0.513 e. The quantitative estimate of drug-likeness (QED) is 0.188. The van der Waals surface area contributed by atoms with Gasteiger partial charge >= 0.3 is 24.2 Å². The average molecular weight is 540 g/mol. The Morgan fingerprint density at radius 3 is 1.79 bits per heavy atom. The smallest absolute Gasteiger partial charge is 0.480 e. The first kappa shape index (κ1) is 32.7. The standard InChI is InChI=1S/C27H41NO10/c1-15(2)10-12-34-26(32)37-21-9-8-20(14-22(21)38-27(33)35-13-11-16(3)4)23(24(28)25(30)31)17(5)18(6)36-19(7)29/h8-9,14-18,23-24H,10-13,28H2,1-7H3,(H,30,31)/t17?,18?,23?,24-/m0/s1. The van der Waals surface area contributed by atoms with Crippen molar-refractivity contribution in [2.75, 3.05) is 13.2 Å². The van der Waals surface area contributed by atoms with Crippen LogP contribution < -0.4 is 15.2 Å². The molecule has 0 radical (unpaired) electrons. The minimum atomic E-state index is -1.39. The molecule has 0 amide bonds. The normalized spacial score (nSPS) is 14.3. The summed E-state index contributed by atoms with van der Waals surface area (Å²) in [6.07, 6.45) is -1.46. The summed E-state index contributed by atoms with van der Waals surface area (Å²) in [5.74, 6) is -2.93. The summed E-state index contributed by atoms with van der Waals surface area (Å²) < 4.78 is 26.1. The lowest BCUT2D eigenvalue weighted by molar-refractivity contribution is -0.148. The fourth-order valence-corrected chi connectivity index (χ4v) is 3.54. The van der Waals surface area contributed by atoms with Crippen LogP contribution in [0.1, 0.15) is 72.8 Å². The molecule has 11 nitrogen and oxygen atoms in total. The van der Waals surface area contributed by atoms with E-state index in [0.29, 0.717) is 30.2 Å². The minimum absolute atomic E-state index is 0.118. The second-order valence-corrected chi connectivity index (χ2v) is 10.0. The molecule has 3 unspecified atom stereocenters. The van der Waals surface area contributed by atoms with Crippen LogP contribution in [0.15, 0.2) is 18.2 Å². The highest BCUT2D eigenvalue weighted by molar-refractivity contribution is 5.75. The van der Waals surface area contributed by atoms with Crippen molar-refractivity contribution in [1.29, 1.82) is 0 Å². The molecule has 214 valence electrons. The Balaban J connectivity index is 3.35. The second kappa shape index (κ2) is 15.8. The first-order chi connectivity index (χ1) is 17.7. The number of rotatable bonds is 14. The molecule has 0 saturated heterocycles. The van der Waals surface area contributed by atoms with Crippen molar-refractivity contribution in [1.82, 2.24) is 0 Å². The van der Waals surface area contributed by atoms with Crippen LogP contribution in [0.25, 0.3) is 0 Å². The van der Waals surface area contributed by atoms with E-state index in [9.17, 15) is 24.3 Å². The zero-order chi connectivity index (χ0) is 29.0. The number of ether oxygens (including phenoxy) is 5. The van der Waals surface area contributed by atoms with Gasteiger partial charge in [0.15, 0.2) is 11.5 Å². The van der Waals surface area contributed by atoms with Gasteiger partial charge in [-0.3, -0.25) is 9.59 Å². The third-order valence-electron chi connectivity index (χ3n) is 5.90. The van der Waals surface area contributed by atoms with Gasteiger partial charge in [-0.25, -0.2) is 9.59 Å². The van der Waals surface area contributed by atoms with E-state index in [1.165, 1.54) is 25.1 Å². The van der Waals surface area contributed by atoms with Crippen LogP contribution in [0.3, 0.4) is 0 Å². The van der Waals surface area contributed by atoms with Crippen LogP contribution in [0.2, 0.25) is 0 Å². The Kier molecular flexibility index (Phi) is 13.6. The Labute approximate surface area is 223 Å². The van der Waals surface area contributed by atoms with Crippen molar-refractivity contribution < 1.29 is 48.0 Å². The number of nitrogens with two attached hydrogens (primary N) is 1. The first-order valence-electron chi connectivity index (χ1n) is 12.7. The highest BCUT2D eigenvalue weighted by Gasteiger charge is 2.35. The number of benzene rings is 1. The van der Waals surface area contributed by atoms with Crippen molar-refractivity contribution >= 4 is 24.2 Å². The van der Waals surface area contributed by atoms with Crippen molar-refractivity contribution in [2.45, 2.75) is 79.4 Å². The fraction of sp³-hybridized carbons (Fsp3) is 0.630.